The van der Waals surface area contributed by atoms with E-state index in [1.807, 2.05) is 74.5 Å². The van der Waals surface area contributed by atoms with Gasteiger partial charge in [0.05, 0.1) is 20.1 Å². The maximum Gasteiger partial charge on any atom is 0.252 e. The Balaban J connectivity index is 1.63. The normalized spacial score (nSPS) is 10.9. The smallest absolute Gasteiger partial charge is 0.252 e. The lowest BCUT2D eigenvalue weighted by atomic mass is 10.1. The van der Waals surface area contributed by atoms with Gasteiger partial charge in [-0.25, -0.2) is 9.50 Å². The fourth-order valence-electron chi connectivity index (χ4n) is 3.36. The van der Waals surface area contributed by atoms with Gasteiger partial charge in [0.2, 0.25) is 5.91 Å². The molecule has 4 rings (SSSR count). The minimum Gasteiger partial charge on any atom is -0.497 e. The molecule has 2 heterocycles. The largest absolute Gasteiger partial charge is 0.497 e. The highest BCUT2D eigenvalue weighted by atomic mass is 16.5. The van der Waals surface area contributed by atoms with E-state index in [1.165, 1.54) is 0 Å². The molecular weight excluding hydrogens is 378 g/mol. The zero-order valence-corrected chi connectivity index (χ0v) is 17.2. The zero-order chi connectivity index (χ0) is 21.1. The Morgan fingerprint density at radius 3 is 2.47 bits per heavy atom. The molecule has 2 aromatic carbocycles. The molecule has 30 heavy (non-hydrogen) atoms. The maximum absolute atomic E-state index is 13.2. The molecule has 152 valence electrons. The van der Waals surface area contributed by atoms with E-state index >= 15 is 0 Å². The Hall–Kier alpha value is -3.74. The lowest BCUT2D eigenvalue weighted by Crippen LogP contribution is -2.32. The minimum atomic E-state index is -0.0360. The quantitative estimate of drug-likeness (QED) is 0.494. The molecule has 0 atom stereocenters. The van der Waals surface area contributed by atoms with Gasteiger partial charge in [0.25, 0.3) is 5.78 Å². The van der Waals surface area contributed by atoms with Gasteiger partial charge in [0, 0.05) is 17.1 Å². The number of benzene rings is 2. The predicted octanol–water partition coefficient (Wildman–Crippen LogP) is 3.53. The van der Waals surface area contributed by atoms with Crippen LogP contribution in [0.3, 0.4) is 0 Å². The number of para-hydroxylation sites is 1. The number of hydrogen-bond donors (Lipinski definition) is 0. The Morgan fingerprint density at radius 2 is 1.77 bits per heavy atom. The lowest BCUT2D eigenvalue weighted by molar-refractivity contribution is -0.118. The van der Waals surface area contributed by atoms with E-state index < -0.39 is 0 Å². The summed E-state index contributed by atoms with van der Waals surface area (Å²) in [5.74, 6) is 1.81. The first-order valence-corrected chi connectivity index (χ1v) is 9.72. The van der Waals surface area contributed by atoms with Gasteiger partial charge in [-0.15, -0.1) is 5.10 Å². The Morgan fingerprint density at radius 1 is 1.03 bits per heavy atom. The maximum atomic E-state index is 13.2. The number of fused-ring (bicyclic) bond motifs is 1. The summed E-state index contributed by atoms with van der Waals surface area (Å²) in [6, 6.07) is 19.0. The number of aromatic nitrogens is 4. The second kappa shape index (κ2) is 8.32. The highest BCUT2D eigenvalue weighted by Gasteiger charge is 2.19. The van der Waals surface area contributed by atoms with Gasteiger partial charge in [-0.05, 0) is 49.7 Å². The Bertz CT molecular complexity index is 1170. The number of ether oxygens (including phenoxy) is 1. The topological polar surface area (TPSA) is 72.6 Å². The molecule has 0 aliphatic carbocycles. The van der Waals surface area contributed by atoms with E-state index in [0.29, 0.717) is 11.6 Å². The summed E-state index contributed by atoms with van der Waals surface area (Å²) >= 11 is 0. The van der Waals surface area contributed by atoms with E-state index in [0.717, 1.165) is 28.4 Å². The molecule has 7 heteroatoms. The first-order valence-electron chi connectivity index (χ1n) is 9.72. The second-order valence-electron chi connectivity index (χ2n) is 7.12. The van der Waals surface area contributed by atoms with Crippen LogP contribution in [0.15, 0.2) is 60.7 Å². The van der Waals surface area contributed by atoms with Crippen LogP contribution in [0.1, 0.15) is 22.8 Å². The standard InChI is InChI=1S/C23H23N5O2/c1-16-13-17(2)28-23(24-16)25-21(26-28)15-27(19-7-5-4-6-8-19)22(29)14-18-9-11-20(30-3)12-10-18/h4-13H,14-15H2,1-3H3. The van der Waals surface area contributed by atoms with Gasteiger partial charge in [-0.2, -0.15) is 4.98 Å². The summed E-state index contributed by atoms with van der Waals surface area (Å²) in [6.07, 6.45) is 0.267. The highest BCUT2D eigenvalue weighted by Crippen LogP contribution is 2.19. The number of rotatable bonds is 6. The van der Waals surface area contributed by atoms with Crippen LogP contribution < -0.4 is 9.64 Å². The third kappa shape index (κ3) is 4.15. The van der Waals surface area contributed by atoms with Gasteiger partial charge in [-0.3, -0.25) is 4.79 Å². The molecule has 0 aliphatic heterocycles. The number of hydrogen-bond acceptors (Lipinski definition) is 5. The summed E-state index contributed by atoms with van der Waals surface area (Å²) in [5, 5.41) is 4.56. The molecule has 0 saturated heterocycles. The number of aryl methyl sites for hydroxylation is 2. The van der Waals surface area contributed by atoms with Crippen LogP contribution in [0.2, 0.25) is 0 Å². The molecule has 0 radical (unpaired) electrons. The summed E-state index contributed by atoms with van der Waals surface area (Å²) in [5.41, 5.74) is 3.55. The Labute approximate surface area is 175 Å². The first-order chi connectivity index (χ1) is 14.5. The molecule has 0 N–H and O–H groups in total. The highest BCUT2D eigenvalue weighted by molar-refractivity contribution is 5.94. The first kappa shape index (κ1) is 19.6. The van der Waals surface area contributed by atoms with Gasteiger partial charge >= 0.3 is 0 Å². The van der Waals surface area contributed by atoms with Gasteiger partial charge in [-0.1, -0.05) is 30.3 Å². The number of anilines is 1. The fraction of sp³-hybridized carbons (Fsp3) is 0.217. The third-order valence-electron chi connectivity index (χ3n) is 4.85. The van der Waals surface area contributed by atoms with Gasteiger partial charge in [0.1, 0.15) is 5.75 Å². The molecule has 0 fully saturated rings. The Kier molecular flexibility index (Phi) is 5.43. The van der Waals surface area contributed by atoms with Crippen LogP contribution in [-0.2, 0) is 17.8 Å². The molecule has 1 amide bonds. The average molecular weight is 401 g/mol. The van der Waals surface area contributed by atoms with Crippen molar-refractivity contribution < 1.29 is 9.53 Å². The van der Waals surface area contributed by atoms with Crippen LogP contribution in [0.25, 0.3) is 5.78 Å². The summed E-state index contributed by atoms with van der Waals surface area (Å²) < 4.78 is 6.90. The van der Waals surface area contributed by atoms with Crippen molar-refractivity contribution in [3.05, 3.63) is 83.4 Å². The van der Waals surface area contributed by atoms with E-state index in [2.05, 4.69) is 15.1 Å². The van der Waals surface area contributed by atoms with Crippen molar-refractivity contribution in [1.29, 1.82) is 0 Å². The molecule has 7 nitrogen and oxygen atoms in total. The van der Waals surface area contributed by atoms with Crippen molar-refractivity contribution in [3.63, 3.8) is 0 Å². The number of amides is 1. The molecule has 0 saturated carbocycles. The van der Waals surface area contributed by atoms with Crippen molar-refractivity contribution >= 4 is 17.4 Å². The molecular formula is C23H23N5O2. The average Bonchev–Trinajstić information content (AvgIpc) is 3.16. The molecule has 0 unspecified atom stereocenters. The van der Waals surface area contributed by atoms with Crippen LogP contribution in [-0.4, -0.2) is 32.6 Å². The number of carbonyl (C=O) groups is 1. The van der Waals surface area contributed by atoms with Crippen molar-refractivity contribution in [2.24, 2.45) is 0 Å². The van der Waals surface area contributed by atoms with E-state index in [4.69, 9.17) is 4.74 Å². The van der Waals surface area contributed by atoms with E-state index in [1.54, 1.807) is 16.5 Å². The fourth-order valence-corrected chi connectivity index (χ4v) is 3.36. The second-order valence-corrected chi connectivity index (χ2v) is 7.12. The van der Waals surface area contributed by atoms with Crippen LogP contribution >= 0.6 is 0 Å². The van der Waals surface area contributed by atoms with Crippen molar-refractivity contribution in [1.82, 2.24) is 19.6 Å². The summed E-state index contributed by atoms with van der Waals surface area (Å²) in [7, 11) is 1.62. The van der Waals surface area contributed by atoms with Crippen molar-refractivity contribution in [2.75, 3.05) is 12.0 Å². The number of methoxy groups -OCH3 is 1. The van der Waals surface area contributed by atoms with E-state index in [-0.39, 0.29) is 18.9 Å². The molecule has 2 aromatic heterocycles. The van der Waals surface area contributed by atoms with Crippen molar-refractivity contribution in [3.8, 4) is 5.75 Å². The van der Waals surface area contributed by atoms with Gasteiger partial charge < -0.3 is 9.64 Å². The van der Waals surface area contributed by atoms with Crippen LogP contribution in [0.5, 0.6) is 5.75 Å². The molecule has 0 aliphatic rings. The summed E-state index contributed by atoms with van der Waals surface area (Å²) in [4.78, 5) is 23.9. The van der Waals surface area contributed by atoms with Crippen LogP contribution in [0, 0.1) is 13.8 Å². The number of nitrogens with zero attached hydrogens (tertiary/aromatic N) is 5. The number of carbonyl (C=O) groups excluding carboxylic acids is 1. The predicted molar refractivity (Wildman–Crippen MR) is 115 cm³/mol. The van der Waals surface area contributed by atoms with Gasteiger partial charge in [0.15, 0.2) is 5.82 Å². The summed E-state index contributed by atoms with van der Waals surface area (Å²) in [6.45, 7) is 4.15. The lowest BCUT2D eigenvalue weighted by Gasteiger charge is -2.21. The van der Waals surface area contributed by atoms with Crippen molar-refractivity contribution in [2.45, 2.75) is 26.8 Å². The monoisotopic (exact) mass is 401 g/mol. The molecule has 4 aromatic rings. The SMILES string of the molecule is COc1ccc(CC(=O)N(Cc2nc3nc(C)cc(C)n3n2)c2ccccc2)cc1. The minimum absolute atomic E-state index is 0.0360. The molecule has 0 bridgehead atoms. The third-order valence-corrected chi connectivity index (χ3v) is 4.85. The molecule has 0 spiro atoms. The van der Waals surface area contributed by atoms with E-state index in [9.17, 15) is 4.79 Å². The zero-order valence-electron chi connectivity index (χ0n) is 17.2. The van der Waals surface area contributed by atoms with Crippen LogP contribution in [0.4, 0.5) is 5.69 Å².